The first-order valence-corrected chi connectivity index (χ1v) is 4.53. The monoisotopic (exact) mass is 200 g/mol. The highest BCUT2D eigenvalue weighted by atomic mass is 16.2. The number of nitrogens with two attached hydrogens (primary N) is 1. The van der Waals surface area contributed by atoms with E-state index in [9.17, 15) is 4.79 Å². The van der Waals surface area contributed by atoms with Crippen LogP contribution in [0.15, 0.2) is 0 Å². The average Bonchev–Trinajstić information content (AvgIpc) is 2.64. The Hall–Kier alpha value is -2.27. The minimum Gasteiger partial charge on any atom is -0.376 e. The summed E-state index contributed by atoms with van der Waals surface area (Å²) in [5.41, 5.74) is 5.89. The molecule has 0 aromatic carbocycles. The molecule has 2 heterocycles. The van der Waals surface area contributed by atoms with E-state index in [4.69, 9.17) is 11.0 Å². The molecule has 0 aliphatic carbocycles. The second kappa shape index (κ2) is 3.47. The van der Waals surface area contributed by atoms with E-state index in [2.05, 4.69) is 17.1 Å². The number of nitrogens with zero attached hydrogens (tertiary/aromatic N) is 3. The summed E-state index contributed by atoms with van der Waals surface area (Å²) in [4.78, 5) is 16.8. The third-order valence-corrected chi connectivity index (χ3v) is 2.21. The Labute approximate surface area is 87.1 Å². The fraction of sp³-hybridized carbons (Fsp3) is 0.300. The van der Waals surface area contributed by atoms with Crippen LogP contribution in [-0.4, -0.2) is 17.4 Å². The van der Waals surface area contributed by atoms with Gasteiger partial charge in [0.2, 0.25) is 5.91 Å². The molecule has 2 rings (SSSR count). The number of hydrogen-bond donors (Lipinski definition) is 1. The predicted molar refractivity (Wildman–Crippen MR) is 52.6 cm³/mol. The maximum atomic E-state index is 11.5. The van der Waals surface area contributed by atoms with Crippen molar-refractivity contribution in [3.05, 3.63) is 17.8 Å². The van der Waals surface area contributed by atoms with Crippen LogP contribution in [0, 0.1) is 23.5 Å². The molecule has 0 unspecified atom stereocenters. The van der Waals surface area contributed by atoms with E-state index in [1.165, 1.54) is 4.90 Å². The number of hydrogen-bond acceptors (Lipinski definition) is 4. The zero-order chi connectivity index (χ0) is 10.8. The van der Waals surface area contributed by atoms with Gasteiger partial charge in [-0.25, -0.2) is 4.98 Å². The molecule has 1 aromatic rings. The van der Waals surface area contributed by atoms with Crippen LogP contribution in [0.4, 0.5) is 11.5 Å². The smallest absolute Gasteiger partial charge is 0.227 e. The second-order valence-corrected chi connectivity index (χ2v) is 3.20. The Morgan fingerprint density at radius 1 is 1.53 bits per heavy atom. The van der Waals surface area contributed by atoms with Gasteiger partial charge in [0.25, 0.3) is 0 Å². The Morgan fingerprint density at radius 3 is 2.93 bits per heavy atom. The van der Waals surface area contributed by atoms with Crippen molar-refractivity contribution < 1.29 is 4.79 Å². The number of nitriles is 1. The number of amides is 1. The largest absolute Gasteiger partial charge is 0.376 e. The third-order valence-electron chi connectivity index (χ3n) is 2.21. The van der Waals surface area contributed by atoms with E-state index < -0.39 is 0 Å². The normalized spacial score (nSPS) is 14.9. The SMILES string of the molecule is N#Cc1nc(N)c#cc1N1CCCC1=O. The van der Waals surface area contributed by atoms with Crippen molar-refractivity contribution in [3.63, 3.8) is 0 Å². The summed E-state index contributed by atoms with van der Waals surface area (Å²) in [6, 6.07) is 7.16. The van der Waals surface area contributed by atoms with Gasteiger partial charge in [-0.2, -0.15) is 5.26 Å². The molecule has 0 atom stereocenters. The number of carbonyl (C=O) groups excluding carboxylic acids is 1. The first-order chi connectivity index (χ1) is 7.22. The van der Waals surface area contributed by atoms with Crippen LogP contribution in [-0.2, 0) is 4.79 Å². The fourth-order valence-corrected chi connectivity index (χ4v) is 1.54. The van der Waals surface area contributed by atoms with Gasteiger partial charge in [0.15, 0.2) is 11.5 Å². The minimum absolute atomic E-state index is 0.0114. The van der Waals surface area contributed by atoms with Gasteiger partial charge in [-0.3, -0.25) is 4.79 Å². The average molecular weight is 200 g/mol. The maximum Gasteiger partial charge on any atom is 0.227 e. The Balaban J connectivity index is 2.44. The third kappa shape index (κ3) is 1.55. The predicted octanol–water partition coefficient (Wildman–Crippen LogP) is 0.263. The van der Waals surface area contributed by atoms with E-state index in [1.54, 1.807) is 0 Å². The van der Waals surface area contributed by atoms with E-state index in [-0.39, 0.29) is 17.4 Å². The van der Waals surface area contributed by atoms with E-state index in [1.807, 2.05) is 6.07 Å². The lowest BCUT2D eigenvalue weighted by molar-refractivity contribution is -0.117. The number of carbonyl (C=O) groups is 1. The topological polar surface area (TPSA) is 83.0 Å². The Bertz CT molecular complexity index is 449. The van der Waals surface area contributed by atoms with Crippen molar-refractivity contribution in [2.45, 2.75) is 12.8 Å². The van der Waals surface area contributed by atoms with Crippen molar-refractivity contribution in [2.24, 2.45) is 0 Å². The quantitative estimate of drug-likeness (QED) is 0.704. The number of rotatable bonds is 1. The Kier molecular flexibility index (Phi) is 2.15. The lowest BCUT2D eigenvalue weighted by Gasteiger charge is -2.13. The molecule has 0 saturated carbocycles. The highest BCUT2D eigenvalue weighted by Gasteiger charge is 2.24. The standard InChI is InChI=1S/C10H8N4O/c11-6-7-8(3-4-9(12)13-7)14-5-1-2-10(14)15/h1-2,5H2,(H2,12,13). The van der Waals surface area contributed by atoms with Crippen molar-refractivity contribution in [1.82, 2.24) is 4.98 Å². The lowest BCUT2D eigenvalue weighted by Crippen LogP contribution is -2.24. The minimum atomic E-state index is -0.0114. The van der Waals surface area contributed by atoms with Gasteiger partial charge in [-0.1, -0.05) is 0 Å². The van der Waals surface area contributed by atoms with Crippen LogP contribution < -0.4 is 10.6 Å². The highest BCUT2D eigenvalue weighted by Crippen LogP contribution is 2.21. The molecule has 1 saturated heterocycles. The van der Waals surface area contributed by atoms with Crippen LogP contribution in [0.3, 0.4) is 0 Å². The molecule has 0 spiro atoms. The molecule has 1 amide bonds. The van der Waals surface area contributed by atoms with Crippen molar-refractivity contribution >= 4 is 17.4 Å². The van der Waals surface area contributed by atoms with Gasteiger partial charge < -0.3 is 10.6 Å². The molecule has 0 bridgehead atoms. The highest BCUT2D eigenvalue weighted by molar-refractivity contribution is 5.95. The number of aromatic nitrogens is 1. The van der Waals surface area contributed by atoms with E-state index in [0.717, 1.165) is 6.42 Å². The number of anilines is 2. The molecule has 1 fully saturated rings. The molecule has 5 heteroatoms. The van der Waals surface area contributed by atoms with Crippen molar-refractivity contribution in [1.29, 1.82) is 5.26 Å². The van der Waals surface area contributed by atoms with E-state index >= 15 is 0 Å². The van der Waals surface area contributed by atoms with Gasteiger partial charge >= 0.3 is 0 Å². The molecular weight excluding hydrogens is 192 g/mol. The zero-order valence-electron chi connectivity index (χ0n) is 7.95. The molecule has 5 nitrogen and oxygen atoms in total. The van der Waals surface area contributed by atoms with Crippen LogP contribution in [0.2, 0.25) is 0 Å². The van der Waals surface area contributed by atoms with Crippen LogP contribution in [0.25, 0.3) is 0 Å². The van der Waals surface area contributed by atoms with Crippen LogP contribution in [0.5, 0.6) is 0 Å². The van der Waals surface area contributed by atoms with Gasteiger partial charge in [-0.05, 0) is 18.6 Å². The summed E-state index contributed by atoms with van der Waals surface area (Å²) >= 11 is 0. The summed E-state index contributed by atoms with van der Waals surface area (Å²) in [5, 5.41) is 8.85. The van der Waals surface area contributed by atoms with Gasteiger partial charge in [-0.15, -0.1) is 0 Å². The molecule has 1 aromatic heterocycles. The molecule has 1 aliphatic rings. The van der Waals surface area contributed by atoms with Crippen LogP contribution in [0.1, 0.15) is 18.5 Å². The molecule has 1 aliphatic heterocycles. The lowest BCUT2D eigenvalue weighted by atomic mass is 10.3. The summed E-state index contributed by atoms with van der Waals surface area (Å²) in [6.07, 6.45) is 1.30. The van der Waals surface area contributed by atoms with Crippen LogP contribution >= 0.6 is 0 Å². The molecule has 0 radical (unpaired) electrons. The van der Waals surface area contributed by atoms with Crippen molar-refractivity contribution in [2.75, 3.05) is 17.2 Å². The fourth-order valence-electron chi connectivity index (χ4n) is 1.54. The maximum absolute atomic E-state index is 11.5. The summed E-state index contributed by atoms with van der Waals surface area (Å²) < 4.78 is 0. The van der Waals surface area contributed by atoms with Crippen molar-refractivity contribution in [3.8, 4) is 6.07 Å². The van der Waals surface area contributed by atoms with E-state index in [0.29, 0.717) is 18.7 Å². The summed E-state index contributed by atoms with van der Waals surface area (Å²) in [6.45, 7) is 0.601. The number of nitrogen functional groups attached to an aromatic ring is 1. The Morgan fingerprint density at radius 2 is 2.33 bits per heavy atom. The van der Waals surface area contributed by atoms with Gasteiger partial charge in [0.1, 0.15) is 11.8 Å². The zero-order valence-corrected chi connectivity index (χ0v) is 7.95. The first-order valence-electron chi connectivity index (χ1n) is 4.53. The summed E-state index contributed by atoms with van der Waals surface area (Å²) in [5.74, 6) is 0.102. The first kappa shape index (κ1) is 9.29. The molecule has 2 N–H and O–H groups in total. The summed E-state index contributed by atoms with van der Waals surface area (Å²) in [7, 11) is 0. The van der Waals surface area contributed by atoms with Gasteiger partial charge in [0, 0.05) is 13.0 Å². The molecule has 74 valence electrons. The van der Waals surface area contributed by atoms with Gasteiger partial charge in [0.05, 0.1) is 0 Å². The molecule has 15 heavy (non-hydrogen) atoms. The molecular formula is C10H8N4O. The second-order valence-electron chi connectivity index (χ2n) is 3.20.